The maximum Gasteiger partial charge on any atom is 0.349 e. The molecule has 3 rings (SSSR count). The van der Waals surface area contributed by atoms with Crippen LogP contribution < -0.4 is 10.1 Å². The molecule has 1 amide bonds. The van der Waals surface area contributed by atoms with Crippen molar-refractivity contribution in [2.75, 3.05) is 19.0 Å². The van der Waals surface area contributed by atoms with Crippen LogP contribution in [0.4, 0.5) is 11.4 Å². The Balaban J connectivity index is 1.70. The number of hydrogen-bond acceptors (Lipinski definition) is 7. The van der Waals surface area contributed by atoms with Crippen LogP contribution in [0.3, 0.4) is 0 Å². The number of anilines is 1. The maximum absolute atomic E-state index is 12.5. The number of non-ortho nitro benzene ring substituents is 1. The number of nitrogens with zero attached hydrogens (tertiary/aromatic N) is 3. The number of nitrogens with one attached hydrogen (secondary N) is 1. The van der Waals surface area contributed by atoms with Gasteiger partial charge in [-0.15, -0.1) is 0 Å². The summed E-state index contributed by atoms with van der Waals surface area (Å²) in [5, 5.41) is 22.9. The van der Waals surface area contributed by atoms with E-state index in [9.17, 15) is 25.0 Å². The number of nitro benzene ring substituents is 1. The van der Waals surface area contributed by atoms with E-state index in [0.29, 0.717) is 16.8 Å². The minimum Gasteiger partial charge on any atom is -0.497 e. The monoisotopic (exact) mass is 488 g/mol. The van der Waals surface area contributed by atoms with Gasteiger partial charge in [-0.05, 0) is 74.4 Å². The maximum atomic E-state index is 12.5. The van der Waals surface area contributed by atoms with Gasteiger partial charge < -0.3 is 19.4 Å². The summed E-state index contributed by atoms with van der Waals surface area (Å²) in [5.74, 6) is -0.860. The number of amides is 1. The number of aryl methyl sites for hydroxylation is 2. The van der Waals surface area contributed by atoms with Crippen molar-refractivity contribution in [1.29, 1.82) is 5.26 Å². The molecule has 2 aromatic carbocycles. The van der Waals surface area contributed by atoms with Gasteiger partial charge in [0.1, 0.15) is 17.4 Å². The SMILES string of the molecule is COc1ccc(-n2c(C)cc(/C=C(\C#N)C(=O)OCC(=O)Nc3ccc([N+](=O)[O-])cc3C)c2C)cc1. The van der Waals surface area contributed by atoms with Crippen LogP contribution in [0.15, 0.2) is 54.1 Å². The lowest BCUT2D eigenvalue weighted by Crippen LogP contribution is -2.21. The van der Waals surface area contributed by atoms with Crippen LogP contribution >= 0.6 is 0 Å². The molecular formula is C26H24N4O6. The lowest BCUT2D eigenvalue weighted by molar-refractivity contribution is -0.384. The molecule has 36 heavy (non-hydrogen) atoms. The van der Waals surface area contributed by atoms with Crippen LogP contribution in [0.25, 0.3) is 11.8 Å². The molecule has 1 N–H and O–H groups in total. The molecule has 1 heterocycles. The Kier molecular flexibility index (Phi) is 7.86. The summed E-state index contributed by atoms with van der Waals surface area (Å²) < 4.78 is 12.2. The van der Waals surface area contributed by atoms with Crippen molar-refractivity contribution >= 4 is 29.3 Å². The molecule has 184 valence electrons. The van der Waals surface area contributed by atoms with Gasteiger partial charge in [0.25, 0.3) is 11.6 Å². The molecular weight excluding hydrogens is 464 g/mol. The van der Waals surface area contributed by atoms with Crippen molar-refractivity contribution < 1.29 is 24.0 Å². The number of aromatic nitrogens is 1. The molecule has 0 unspecified atom stereocenters. The van der Waals surface area contributed by atoms with Gasteiger partial charge in [-0.1, -0.05) is 0 Å². The number of carbonyl (C=O) groups excluding carboxylic acids is 2. The zero-order valence-corrected chi connectivity index (χ0v) is 20.2. The Morgan fingerprint density at radius 2 is 1.83 bits per heavy atom. The third-order valence-electron chi connectivity index (χ3n) is 5.47. The standard InChI is InChI=1S/C26H24N4O6/c1-16-11-22(30(33)34)7-10-24(16)28-25(31)15-36-26(32)20(14-27)13-19-12-17(2)29(18(19)3)21-5-8-23(35-4)9-6-21/h5-13H,15H2,1-4H3,(H,28,31)/b20-13+. The van der Waals surface area contributed by atoms with E-state index >= 15 is 0 Å². The first-order chi connectivity index (χ1) is 17.1. The van der Waals surface area contributed by atoms with Gasteiger partial charge in [0, 0.05) is 34.9 Å². The Morgan fingerprint density at radius 1 is 1.14 bits per heavy atom. The van der Waals surface area contributed by atoms with Crippen molar-refractivity contribution in [1.82, 2.24) is 4.57 Å². The van der Waals surface area contributed by atoms with Crippen molar-refractivity contribution in [3.63, 3.8) is 0 Å². The number of nitro groups is 1. The zero-order valence-electron chi connectivity index (χ0n) is 20.2. The van der Waals surface area contributed by atoms with E-state index in [2.05, 4.69) is 5.32 Å². The van der Waals surface area contributed by atoms with Crippen molar-refractivity contribution in [2.45, 2.75) is 20.8 Å². The lowest BCUT2D eigenvalue weighted by Gasteiger charge is -2.10. The highest BCUT2D eigenvalue weighted by Crippen LogP contribution is 2.25. The lowest BCUT2D eigenvalue weighted by atomic mass is 10.1. The van der Waals surface area contributed by atoms with E-state index in [4.69, 9.17) is 9.47 Å². The molecule has 0 radical (unpaired) electrons. The average molecular weight is 489 g/mol. The van der Waals surface area contributed by atoms with E-state index < -0.39 is 23.4 Å². The first-order valence-corrected chi connectivity index (χ1v) is 10.8. The molecule has 0 bridgehead atoms. The Bertz CT molecular complexity index is 1400. The van der Waals surface area contributed by atoms with Crippen molar-refractivity contribution in [2.24, 2.45) is 0 Å². The second kappa shape index (κ2) is 11.0. The van der Waals surface area contributed by atoms with Crippen molar-refractivity contribution in [3.05, 3.63) is 86.7 Å². The number of benzene rings is 2. The highest BCUT2D eigenvalue weighted by Gasteiger charge is 2.17. The molecule has 0 aliphatic carbocycles. The molecule has 0 saturated heterocycles. The molecule has 0 atom stereocenters. The van der Waals surface area contributed by atoms with Gasteiger partial charge in [-0.2, -0.15) is 5.26 Å². The first kappa shape index (κ1) is 25.7. The van der Waals surface area contributed by atoms with E-state index in [0.717, 1.165) is 22.8 Å². The van der Waals surface area contributed by atoms with Crippen LogP contribution in [0.1, 0.15) is 22.5 Å². The molecule has 0 fully saturated rings. The molecule has 10 nitrogen and oxygen atoms in total. The van der Waals surface area contributed by atoms with Gasteiger partial charge in [0.05, 0.1) is 12.0 Å². The smallest absolute Gasteiger partial charge is 0.349 e. The van der Waals surface area contributed by atoms with Gasteiger partial charge in [-0.3, -0.25) is 14.9 Å². The predicted octanol–water partition coefficient (Wildman–Crippen LogP) is 4.41. The second-order valence-electron chi connectivity index (χ2n) is 7.91. The molecule has 10 heteroatoms. The number of ether oxygens (including phenoxy) is 2. The van der Waals surface area contributed by atoms with E-state index in [1.807, 2.05) is 54.8 Å². The number of methoxy groups -OCH3 is 1. The van der Waals surface area contributed by atoms with Gasteiger partial charge in [0.15, 0.2) is 6.61 Å². The van der Waals surface area contributed by atoms with Gasteiger partial charge >= 0.3 is 5.97 Å². The van der Waals surface area contributed by atoms with E-state index in [1.165, 1.54) is 24.3 Å². The fourth-order valence-corrected chi connectivity index (χ4v) is 3.65. The van der Waals surface area contributed by atoms with Gasteiger partial charge in [-0.25, -0.2) is 4.79 Å². The van der Waals surface area contributed by atoms with E-state index in [1.54, 1.807) is 14.0 Å². The molecule has 0 aliphatic heterocycles. The van der Waals surface area contributed by atoms with Crippen LogP contribution in [-0.4, -0.2) is 35.1 Å². The summed E-state index contributed by atoms with van der Waals surface area (Å²) in [4.78, 5) is 35.0. The Hall–Kier alpha value is -4.91. The Labute approximate surface area is 207 Å². The largest absolute Gasteiger partial charge is 0.497 e. The molecule has 0 spiro atoms. The molecule has 3 aromatic rings. The molecule has 0 aliphatic rings. The fourth-order valence-electron chi connectivity index (χ4n) is 3.65. The molecule has 0 saturated carbocycles. The first-order valence-electron chi connectivity index (χ1n) is 10.8. The van der Waals surface area contributed by atoms with Gasteiger partial charge in [0.2, 0.25) is 0 Å². The minimum absolute atomic E-state index is 0.105. The number of rotatable bonds is 8. The predicted molar refractivity (Wildman–Crippen MR) is 133 cm³/mol. The molecule has 1 aromatic heterocycles. The third kappa shape index (κ3) is 5.77. The summed E-state index contributed by atoms with van der Waals surface area (Å²) in [7, 11) is 1.59. The normalized spacial score (nSPS) is 10.9. The number of carbonyl (C=O) groups is 2. The minimum atomic E-state index is -0.942. The fraction of sp³-hybridized carbons (Fsp3) is 0.192. The average Bonchev–Trinajstić information content (AvgIpc) is 3.14. The van der Waals surface area contributed by atoms with Crippen LogP contribution in [-0.2, 0) is 14.3 Å². The van der Waals surface area contributed by atoms with E-state index in [-0.39, 0.29) is 11.3 Å². The van der Waals surface area contributed by atoms with Crippen LogP contribution in [0.5, 0.6) is 5.75 Å². The quantitative estimate of drug-likeness (QED) is 0.163. The highest BCUT2D eigenvalue weighted by atomic mass is 16.6. The highest BCUT2D eigenvalue weighted by molar-refractivity contribution is 6.00. The van der Waals surface area contributed by atoms with Crippen LogP contribution in [0, 0.1) is 42.2 Å². The second-order valence-corrected chi connectivity index (χ2v) is 7.91. The zero-order chi connectivity index (χ0) is 26.4. The van der Waals surface area contributed by atoms with Crippen molar-refractivity contribution in [3.8, 4) is 17.5 Å². The number of nitriles is 1. The Morgan fingerprint density at radius 3 is 2.42 bits per heavy atom. The summed E-state index contributed by atoms with van der Waals surface area (Å²) in [5.41, 5.74) is 3.72. The summed E-state index contributed by atoms with van der Waals surface area (Å²) in [6.45, 7) is 4.75. The summed E-state index contributed by atoms with van der Waals surface area (Å²) in [6, 6.07) is 15.1. The number of esters is 1. The van der Waals surface area contributed by atoms with Crippen LogP contribution in [0.2, 0.25) is 0 Å². The third-order valence-corrected chi connectivity index (χ3v) is 5.47. The summed E-state index contributed by atoms with van der Waals surface area (Å²) in [6.07, 6.45) is 1.42. The summed E-state index contributed by atoms with van der Waals surface area (Å²) >= 11 is 0. The number of hydrogen-bond donors (Lipinski definition) is 1. The topological polar surface area (TPSA) is 136 Å².